The lowest BCUT2D eigenvalue weighted by molar-refractivity contribution is -0.116. The summed E-state index contributed by atoms with van der Waals surface area (Å²) in [6.45, 7) is 0.146. The quantitative estimate of drug-likeness (QED) is 0.599. The lowest BCUT2D eigenvalue weighted by Gasteiger charge is -2.18. The molecule has 0 saturated heterocycles. The number of benzodiazepines with no additional fused rings is 1. The SMILES string of the molecule is CN1C(=O)CN=C(c2ccccc2)c2cc(Cl)ccc21.Fc1cc[c]cc1. The van der Waals surface area contributed by atoms with Gasteiger partial charge < -0.3 is 4.90 Å². The van der Waals surface area contributed by atoms with E-state index < -0.39 is 0 Å². The van der Waals surface area contributed by atoms with Gasteiger partial charge in [0.05, 0.1) is 11.4 Å². The molecule has 0 aliphatic carbocycles. The van der Waals surface area contributed by atoms with Gasteiger partial charge in [0, 0.05) is 23.2 Å². The zero-order chi connectivity index (χ0) is 19.2. The number of nitrogens with zero attached hydrogens (tertiary/aromatic N) is 2. The summed E-state index contributed by atoms with van der Waals surface area (Å²) in [4.78, 5) is 18.1. The Labute approximate surface area is 162 Å². The molecule has 0 bridgehead atoms. The highest BCUT2D eigenvalue weighted by molar-refractivity contribution is 6.32. The molecular formula is C22H17ClFN2O. The van der Waals surface area contributed by atoms with Crippen LogP contribution >= 0.6 is 11.6 Å². The third-order valence-electron chi connectivity index (χ3n) is 4.05. The standard InChI is InChI=1S/C16H13ClN2O.C6H4F/c1-19-14-8-7-12(17)9-13(14)16(18-10-15(19)20)11-5-3-2-4-6-11;7-6-4-2-1-3-5-6/h2-9H,10H2,1H3;2-5H. The molecule has 0 saturated carbocycles. The van der Waals surface area contributed by atoms with Gasteiger partial charge in [0.2, 0.25) is 5.91 Å². The number of carbonyl (C=O) groups is 1. The Balaban J connectivity index is 0.000000253. The summed E-state index contributed by atoms with van der Waals surface area (Å²) in [6, 6.07) is 23.8. The average molecular weight is 380 g/mol. The van der Waals surface area contributed by atoms with Crippen LogP contribution in [-0.4, -0.2) is 25.2 Å². The molecular weight excluding hydrogens is 363 g/mol. The van der Waals surface area contributed by atoms with E-state index in [1.165, 1.54) is 24.3 Å². The Bertz CT molecular complexity index is 959. The molecule has 0 fully saturated rings. The average Bonchev–Trinajstić information content (AvgIpc) is 2.81. The molecule has 1 radical (unpaired) electrons. The summed E-state index contributed by atoms with van der Waals surface area (Å²) in [5.41, 5.74) is 3.51. The van der Waals surface area contributed by atoms with Crippen molar-refractivity contribution in [3.8, 4) is 0 Å². The predicted octanol–water partition coefficient (Wildman–Crippen LogP) is 4.78. The fourth-order valence-electron chi connectivity index (χ4n) is 2.67. The van der Waals surface area contributed by atoms with Gasteiger partial charge in [0.1, 0.15) is 12.4 Å². The molecule has 1 amide bonds. The number of likely N-dealkylation sites (N-methyl/N-ethyl adjacent to an activating group) is 1. The van der Waals surface area contributed by atoms with E-state index in [0.717, 1.165) is 22.5 Å². The van der Waals surface area contributed by atoms with Crippen molar-refractivity contribution in [1.82, 2.24) is 0 Å². The molecule has 5 heteroatoms. The predicted molar refractivity (Wildman–Crippen MR) is 107 cm³/mol. The van der Waals surface area contributed by atoms with Crippen LogP contribution in [0.15, 0.2) is 77.8 Å². The number of hydrogen-bond acceptors (Lipinski definition) is 2. The summed E-state index contributed by atoms with van der Waals surface area (Å²) in [7, 11) is 1.76. The van der Waals surface area contributed by atoms with E-state index in [0.29, 0.717) is 5.02 Å². The van der Waals surface area contributed by atoms with Crippen LogP contribution in [0.3, 0.4) is 0 Å². The lowest BCUT2D eigenvalue weighted by atomic mass is 10.0. The van der Waals surface area contributed by atoms with Gasteiger partial charge in [-0.15, -0.1) is 0 Å². The van der Waals surface area contributed by atoms with Crippen LogP contribution in [0, 0.1) is 11.9 Å². The highest BCUT2D eigenvalue weighted by atomic mass is 35.5. The van der Waals surface area contributed by atoms with Crippen molar-refractivity contribution < 1.29 is 9.18 Å². The maximum Gasteiger partial charge on any atom is 0.248 e. The van der Waals surface area contributed by atoms with E-state index in [9.17, 15) is 9.18 Å². The van der Waals surface area contributed by atoms with Crippen LogP contribution in [0.25, 0.3) is 0 Å². The van der Waals surface area contributed by atoms with E-state index in [4.69, 9.17) is 11.6 Å². The van der Waals surface area contributed by atoms with E-state index in [1.807, 2.05) is 42.5 Å². The van der Waals surface area contributed by atoms with Crippen molar-refractivity contribution in [3.63, 3.8) is 0 Å². The lowest BCUT2D eigenvalue weighted by Crippen LogP contribution is -2.27. The van der Waals surface area contributed by atoms with Crippen LogP contribution in [0.1, 0.15) is 11.1 Å². The first-order valence-corrected chi connectivity index (χ1v) is 8.72. The third-order valence-corrected chi connectivity index (χ3v) is 4.28. The molecule has 0 aromatic heterocycles. The Kier molecular flexibility index (Phi) is 5.99. The van der Waals surface area contributed by atoms with E-state index in [1.54, 1.807) is 18.0 Å². The molecule has 27 heavy (non-hydrogen) atoms. The molecule has 135 valence electrons. The minimum Gasteiger partial charge on any atom is -0.313 e. The number of benzene rings is 3. The minimum absolute atomic E-state index is 0.0282. The van der Waals surface area contributed by atoms with Crippen molar-refractivity contribution in [2.45, 2.75) is 0 Å². The van der Waals surface area contributed by atoms with Gasteiger partial charge in [0.15, 0.2) is 0 Å². The maximum absolute atomic E-state index is 12.0. The molecule has 1 aliphatic heterocycles. The molecule has 0 unspecified atom stereocenters. The number of fused-ring (bicyclic) bond motifs is 1. The van der Waals surface area contributed by atoms with Crippen molar-refractivity contribution in [1.29, 1.82) is 0 Å². The van der Waals surface area contributed by atoms with Crippen molar-refractivity contribution in [2.24, 2.45) is 4.99 Å². The van der Waals surface area contributed by atoms with Crippen LogP contribution in [0.5, 0.6) is 0 Å². The van der Waals surface area contributed by atoms with Crippen molar-refractivity contribution in [3.05, 3.63) is 101 Å². The zero-order valence-electron chi connectivity index (χ0n) is 14.7. The van der Waals surface area contributed by atoms with Gasteiger partial charge in [-0.3, -0.25) is 9.79 Å². The van der Waals surface area contributed by atoms with E-state index in [-0.39, 0.29) is 18.3 Å². The highest BCUT2D eigenvalue weighted by Gasteiger charge is 2.22. The van der Waals surface area contributed by atoms with Crippen LogP contribution in [-0.2, 0) is 4.79 Å². The second-order valence-corrected chi connectivity index (χ2v) is 6.30. The largest absolute Gasteiger partial charge is 0.313 e. The fourth-order valence-corrected chi connectivity index (χ4v) is 2.84. The first-order chi connectivity index (χ1) is 13.1. The smallest absolute Gasteiger partial charge is 0.248 e. The number of rotatable bonds is 1. The molecule has 0 N–H and O–H groups in total. The Morgan fingerprint density at radius 2 is 1.78 bits per heavy atom. The molecule has 3 aromatic carbocycles. The summed E-state index contributed by atoms with van der Waals surface area (Å²) in [5, 5.41) is 0.634. The van der Waals surface area contributed by atoms with Gasteiger partial charge in [0.25, 0.3) is 0 Å². The van der Waals surface area contributed by atoms with Gasteiger partial charge in [-0.25, -0.2) is 4.39 Å². The summed E-state index contributed by atoms with van der Waals surface area (Å²) in [5.74, 6) is -0.238. The molecule has 0 spiro atoms. The van der Waals surface area contributed by atoms with Crippen molar-refractivity contribution in [2.75, 3.05) is 18.5 Å². The van der Waals surface area contributed by atoms with E-state index in [2.05, 4.69) is 11.1 Å². The third kappa shape index (κ3) is 4.60. The molecule has 0 atom stereocenters. The fraction of sp³-hybridized carbons (Fsp3) is 0.0909. The number of anilines is 1. The van der Waals surface area contributed by atoms with E-state index >= 15 is 0 Å². The molecule has 1 heterocycles. The second kappa shape index (κ2) is 8.60. The van der Waals surface area contributed by atoms with Crippen molar-refractivity contribution >= 4 is 28.9 Å². The van der Waals surface area contributed by atoms with Crippen LogP contribution < -0.4 is 4.90 Å². The second-order valence-electron chi connectivity index (χ2n) is 5.86. The number of carbonyl (C=O) groups excluding carboxylic acids is 1. The molecule has 4 rings (SSSR count). The summed E-state index contributed by atoms with van der Waals surface area (Å²) >= 11 is 6.11. The highest BCUT2D eigenvalue weighted by Crippen LogP contribution is 2.28. The first-order valence-electron chi connectivity index (χ1n) is 8.34. The van der Waals surface area contributed by atoms with Gasteiger partial charge in [-0.1, -0.05) is 54.1 Å². The summed E-state index contributed by atoms with van der Waals surface area (Å²) < 4.78 is 11.9. The van der Waals surface area contributed by atoms with Crippen LogP contribution in [0.2, 0.25) is 5.02 Å². The number of amides is 1. The Morgan fingerprint density at radius 3 is 2.41 bits per heavy atom. The number of halogens is 2. The van der Waals surface area contributed by atoms with Gasteiger partial charge >= 0.3 is 0 Å². The maximum atomic E-state index is 12.0. The molecule has 1 aliphatic rings. The molecule has 3 aromatic rings. The number of aliphatic imine (C=N–C) groups is 1. The minimum atomic E-state index is -0.209. The van der Waals surface area contributed by atoms with Gasteiger partial charge in [-0.05, 0) is 36.4 Å². The zero-order valence-corrected chi connectivity index (χ0v) is 15.4. The molecule has 3 nitrogen and oxygen atoms in total. The van der Waals surface area contributed by atoms with Gasteiger partial charge in [-0.2, -0.15) is 0 Å². The normalized spacial score (nSPS) is 13.1. The topological polar surface area (TPSA) is 32.7 Å². The Hall–Kier alpha value is -2.98. The number of hydrogen-bond donors (Lipinski definition) is 0. The summed E-state index contributed by atoms with van der Waals surface area (Å²) in [6.07, 6.45) is 0. The Morgan fingerprint density at radius 1 is 1.07 bits per heavy atom. The van der Waals surface area contributed by atoms with Crippen LogP contribution in [0.4, 0.5) is 10.1 Å². The monoisotopic (exact) mass is 379 g/mol. The first kappa shape index (κ1) is 18.8.